The standard InChI is InChI=1S/C32H36N2O2/c1-31(2,3)27-19-21(7-17-29(27)35-25-13-9-23(33)10-14-25)22-8-18-30(28(20-22)32(4,5)6)36-26-15-11-24(34)12-16-26/h7-20H,33-34H2,1-6H3. The van der Waals surface area contributed by atoms with E-state index in [0.717, 1.165) is 45.3 Å². The highest BCUT2D eigenvalue weighted by molar-refractivity contribution is 5.69. The summed E-state index contributed by atoms with van der Waals surface area (Å²) in [7, 11) is 0. The molecule has 0 aliphatic heterocycles. The summed E-state index contributed by atoms with van der Waals surface area (Å²) in [6, 6.07) is 27.8. The molecule has 0 atom stereocenters. The van der Waals surface area contributed by atoms with Crippen LogP contribution in [0, 0.1) is 0 Å². The molecule has 0 saturated carbocycles. The molecular formula is C32H36N2O2. The van der Waals surface area contributed by atoms with Crippen LogP contribution in [-0.4, -0.2) is 0 Å². The Morgan fingerprint density at radius 3 is 1.11 bits per heavy atom. The van der Waals surface area contributed by atoms with Gasteiger partial charge in [0.15, 0.2) is 0 Å². The van der Waals surface area contributed by atoms with Gasteiger partial charge in [0.05, 0.1) is 0 Å². The Labute approximate surface area is 214 Å². The first-order valence-electron chi connectivity index (χ1n) is 12.3. The third-order valence-electron chi connectivity index (χ3n) is 6.12. The van der Waals surface area contributed by atoms with Crippen molar-refractivity contribution in [3.63, 3.8) is 0 Å². The summed E-state index contributed by atoms with van der Waals surface area (Å²) < 4.78 is 12.5. The molecule has 36 heavy (non-hydrogen) atoms. The molecule has 0 spiro atoms. The van der Waals surface area contributed by atoms with E-state index in [9.17, 15) is 0 Å². The second-order valence-electron chi connectivity index (χ2n) is 11.3. The number of hydrogen-bond donors (Lipinski definition) is 2. The number of hydrogen-bond acceptors (Lipinski definition) is 4. The van der Waals surface area contributed by atoms with Crippen molar-refractivity contribution >= 4 is 11.4 Å². The van der Waals surface area contributed by atoms with E-state index in [1.54, 1.807) is 0 Å². The lowest BCUT2D eigenvalue weighted by Crippen LogP contribution is -2.14. The number of anilines is 2. The molecule has 4 aromatic rings. The minimum atomic E-state index is -0.107. The van der Waals surface area contributed by atoms with E-state index in [4.69, 9.17) is 20.9 Å². The normalized spacial score (nSPS) is 11.8. The molecule has 186 valence electrons. The summed E-state index contributed by atoms with van der Waals surface area (Å²) in [6.07, 6.45) is 0. The fourth-order valence-electron chi connectivity index (χ4n) is 4.09. The maximum atomic E-state index is 6.27. The number of nitrogen functional groups attached to an aromatic ring is 2. The highest BCUT2D eigenvalue weighted by Gasteiger charge is 2.23. The SMILES string of the molecule is CC(C)(C)c1cc(-c2ccc(Oc3ccc(N)cc3)c(C(C)(C)C)c2)ccc1Oc1ccc(N)cc1. The molecular weight excluding hydrogens is 444 g/mol. The summed E-state index contributed by atoms with van der Waals surface area (Å²) >= 11 is 0. The van der Waals surface area contributed by atoms with E-state index in [2.05, 4.69) is 77.9 Å². The summed E-state index contributed by atoms with van der Waals surface area (Å²) in [5.41, 5.74) is 17.4. The van der Waals surface area contributed by atoms with Crippen LogP contribution in [0.2, 0.25) is 0 Å². The molecule has 4 heteroatoms. The molecule has 0 aromatic heterocycles. The van der Waals surface area contributed by atoms with Crippen molar-refractivity contribution in [2.24, 2.45) is 0 Å². The second kappa shape index (κ2) is 9.62. The van der Waals surface area contributed by atoms with E-state index < -0.39 is 0 Å². The topological polar surface area (TPSA) is 70.5 Å². The maximum absolute atomic E-state index is 6.27. The number of benzene rings is 4. The molecule has 0 unspecified atom stereocenters. The van der Waals surface area contributed by atoms with Gasteiger partial charge in [-0.1, -0.05) is 53.7 Å². The van der Waals surface area contributed by atoms with Crippen molar-refractivity contribution in [2.75, 3.05) is 11.5 Å². The Morgan fingerprint density at radius 2 is 0.806 bits per heavy atom. The molecule has 4 nitrogen and oxygen atoms in total. The van der Waals surface area contributed by atoms with Crippen molar-refractivity contribution in [1.82, 2.24) is 0 Å². The molecule has 0 saturated heterocycles. The average molecular weight is 481 g/mol. The third kappa shape index (κ3) is 5.83. The van der Waals surface area contributed by atoms with Crippen LogP contribution in [0.4, 0.5) is 11.4 Å². The summed E-state index contributed by atoms with van der Waals surface area (Å²) in [6.45, 7) is 13.2. The van der Waals surface area contributed by atoms with Crippen LogP contribution in [0.5, 0.6) is 23.0 Å². The molecule has 0 aliphatic carbocycles. The van der Waals surface area contributed by atoms with Crippen LogP contribution in [-0.2, 0) is 10.8 Å². The highest BCUT2D eigenvalue weighted by Crippen LogP contribution is 2.41. The van der Waals surface area contributed by atoms with Gasteiger partial charge in [0.1, 0.15) is 23.0 Å². The van der Waals surface area contributed by atoms with E-state index in [-0.39, 0.29) is 10.8 Å². The van der Waals surface area contributed by atoms with Crippen molar-refractivity contribution in [1.29, 1.82) is 0 Å². The molecule has 0 bridgehead atoms. The Kier molecular flexibility index (Phi) is 6.73. The van der Waals surface area contributed by atoms with Gasteiger partial charge in [-0.25, -0.2) is 0 Å². The number of rotatable bonds is 5. The number of ether oxygens (including phenoxy) is 2. The molecule has 0 radical (unpaired) electrons. The van der Waals surface area contributed by atoms with Gasteiger partial charge in [-0.05, 0) is 94.8 Å². The zero-order valence-electron chi connectivity index (χ0n) is 22.1. The van der Waals surface area contributed by atoms with Crippen LogP contribution >= 0.6 is 0 Å². The largest absolute Gasteiger partial charge is 0.457 e. The Bertz CT molecular complexity index is 1240. The minimum absolute atomic E-state index is 0.107. The van der Waals surface area contributed by atoms with Crippen molar-refractivity contribution in [2.45, 2.75) is 52.4 Å². The molecule has 0 fully saturated rings. The molecule has 0 amide bonds. The smallest absolute Gasteiger partial charge is 0.131 e. The Morgan fingerprint density at radius 1 is 0.472 bits per heavy atom. The van der Waals surface area contributed by atoms with Gasteiger partial charge in [0.2, 0.25) is 0 Å². The fraction of sp³-hybridized carbons (Fsp3) is 0.250. The van der Waals surface area contributed by atoms with Gasteiger partial charge in [-0.3, -0.25) is 0 Å². The van der Waals surface area contributed by atoms with Crippen LogP contribution in [0.15, 0.2) is 84.9 Å². The van der Waals surface area contributed by atoms with Gasteiger partial charge >= 0.3 is 0 Å². The predicted octanol–water partition coefficient (Wildman–Crippen LogP) is 8.70. The lowest BCUT2D eigenvalue weighted by atomic mass is 9.82. The van der Waals surface area contributed by atoms with Crippen LogP contribution in [0.25, 0.3) is 11.1 Å². The Balaban J connectivity index is 1.73. The summed E-state index contributed by atoms with van der Waals surface area (Å²) in [5, 5.41) is 0. The fourth-order valence-corrected chi connectivity index (χ4v) is 4.09. The lowest BCUT2D eigenvalue weighted by Gasteiger charge is -2.25. The molecule has 4 N–H and O–H groups in total. The Hall–Kier alpha value is -3.92. The minimum Gasteiger partial charge on any atom is -0.457 e. The summed E-state index contributed by atoms with van der Waals surface area (Å²) in [5.74, 6) is 3.22. The molecule has 0 heterocycles. The van der Waals surface area contributed by atoms with Crippen LogP contribution < -0.4 is 20.9 Å². The molecule has 4 aromatic carbocycles. The van der Waals surface area contributed by atoms with E-state index in [1.807, 2.05) is 48.5 Å². The van der Waals surface area contributed by atoms with Crippen molar-refractivity contribution in [3.8, 4) is 34.1 Å². The zero-order chi connectivity index (χ0) is 26.1. The summed E-state index contributed by atoms with van der Waals surface area (Å²) in [4.78, 5) is 0. The van der Waals surface area contributed by atoms with E-state index >= 15 is 0 Å². The molecule has 4 rings (SSSR count). The highest BCUT2D eigenvalue weighted by atomic mass is 16.5. The van der Waals surface area contributed by atoms with Crippen LogP contribution in [0.1, 0.15) is 52.7 Å². The van der Waals surface area contributed by atoms with Crippen LogP contribution in [0.3, 0.4) is 0 Å². The van der Waals surface area contributed by atoms with E-state index in [0.29, 0.717) is 11.4 Å². The first-order chi connectivity index (χ1) is 16.9. The van der Waals surface area contributed by atoms with Gasteiger partial charge in [-0.2, -0.15) is 0 Å². The lowest BCUT2D eigenvalue weighted by molar-refractivity contribution is 0.454. The van der Waals surface area contributed by atoms with Gasteiger partial charge in [0.25, 0.3) is 0 Å². The van der Waals surface area contributed by atoms with Crippen molar-refractivity contribution < 1.29 is 9.47 Å². The van der Waals surface area contributed by atoms with Gasteiger partial charge in [0, 0.05) is 22.5 Å². The predicted molar refractivity (Wildman–Crippen MR) is 151 cm³/mol. The van der Waals surface area contributed by atoms with Gasteiger partial charge < -0.3 is 20.9 Å². The zero-order valence-corrected chi connectivity index (χ0v) is 22.1. The maximum Gasteiger partial charge on any atom is 0.131 e. The average Bonchev–Trinajstić information content (AvgIpc) is 2.81. The van der Waals surface area contributed by atoms with Gasteiger partial charge in [-0.15, -0.1) is 0 Å². The van der Waals surface area contributed by atoms with E-state index in [1.165, 1.54) is 0 Å². The monoisotopic (exact) mass is 480 g/mol. The first kappa shape index (κ1) is 25.2. The van der Waals surface area contributed by atoms with Crippen molar-refractivity contribution in [3.05, 3.63) is 96.1 Å². The third-order valence-corrected chi connectivity index (χ3v) is 6.12. The molecule has 0 aliphatic rings. The first-order valence-corrected chi connectivity index (χ1v) is 12.3. The second-order valence-corrected chi connectivity index (χ2v) is 11.3. The quantitative estimate of drug-likeness (QED) is 0.280. The number of nitrogens with two attached hydrogens (primary N) is 2.